The van der Waals surface area contributed by atoms with E-state index in [2.05, 4.69) is 20.9 Å². The van der Waals surface area contributed by atoms with E-state index in [1.54, 1.807) is 11.7 Å². The van der Waals surface area contributed by atoms with Crippen LogP contribution in [-0.4, -0.2) is 62.4 Å². The van der Waals surface area contributed by atoms with Gasteiger partial charge in [0.2, 0.25) is 17.7 Å². The molecule has 1 fully saturated rings. The van der Waals surface area contributed by atoms with Crippen LogP contribution in [0.2, 0.25) is 0 Å². The van der Waals surface area contributed by atoms with Crippen LogP contribution in [0.5, 0.6) is 0 Å². The number of carbonyl (C=O) groups is 3. The second kappa shape index (κ2) is 10.1. The molecule has 3 amide bonds. The molecule has 6 atom stereocenters. The molecule has 1 saturated heterocycles. The molecule has 0 radical (unpaired) electrons. The highest BCUT2D eigenvalue weighted by atomic mass is 16.3. The second-order valence-corrected chi connectivity index (χ2v) is 9.56. The molecule has 192 valence electrons. The fourth-order valence-corrected chi connectivity index (χ4v) is 5.76. The Morgan fingerprint density at radius 2 is 1.78 bits per heavy atom. The lowest BCUT2D eigenvalue weighted by atomic mass is 9.70. The number of para-hydroxylation sites is 1. The minimum Gasteiger partial charge on any atom is -0.394 e. The summed E-state index contributed by atoms with van der Waals surface area (Å²) in [4.78, 5) is 42.1. The molecule has 5 rings (SSSR count). The van der Waals surface area contributed by atoms with Crippen molar-refractivity contribution in [2.45, 2.75) is 25.7 Å². The summed E-state index contributed by atoms with van der Waals surface area (Å²) >= 11 is 0. The van der Waals surface area contributed by atoms with Crippen LogP contribution in [0.15, 0.2) is 66.7 Å². The summed E-state index contributed by atoms with van der Waals surface area (Å²) in [6, 6.07) is 14.9. The standard InChI is InChI=1S/C27H30N6O4/c1-16-12-13-18-23(22(16)25(35)28-2)27(37)33(21(14-34)17-8-4-3-5-9-17)24(18)26(36)29-15-32-20-11-7-6-10-19(20)30-31-32/h3-13,16,18,21-24,34H,14-15H2,1-2H3,(H,28,35)(H,29,36)/t16-,18+,21-,22-,23+,24+/m1/s1. The second-order valence-electron chi connectivity index (χ2n) is 9.56. The lowest BCUT2D eigenvalue weighted by Crippen LogP contribution is -2.49. The zero-order valence-corrected chi connectivity index (χ0v) is 20.7. The van der Waals surface area contributed by atoms with Gasteiger partial charge in [-0.2, -0.15) is 0 Å². The van der Waals surface area contributed by atoms with Crippen LogP contribution in [0, 0.1) is 23.7 Å². The first kappa shape index (κ1) is 24.6. The summed E-state index contributed by atoms with van der Waals surface area (Å²) < 4.78 is 1.58. The molecule has 2 heterocycles. The first-order chi connectivity index (χ1) is 18.0. The van der Waals surface area contributed by atoms with E-state index in [-0.39, 0.29) is 36.9 Å². The zero-order valence-electron chi connectivity index (χ0n) is 20.7. The van der Waals surface area contributed by atoms with Gasteiger partial charge in [0.05, 0.1) is 30.0 Å². The van der Waals surface area contributed by atoms with E-state index >= 15 is 0 Å². The molecule has 0 unspecified atom stereocenters. The molecular weight excluding hydrogens is 472 g/mol. The van der Waals surface area contributed by atoms with Gasteiger partial charge in [0.15, 0.2) is 0 Å². The van der Waals surface area contributed by atoms with E-state index in [1.807, 2.05) is 73.7 Å². The number of aromatic nitrogens is 3. The normalized spacial score (nSPS) is 25.6. The van der Waals surface area contributed by atoms with Gasteiger partial charge in [0.25, 0.3) is 0 Å². The first-order valence-electron chi connectivity index (χ1n) is 12.4. The summed E-state index contributed by atoms with van der Waals surface area (Å²) in [5.74, 6) is -3.00. The van der Waals surface area contributed by atoms with Crippen LogP contribution in [0.4, 0.5) is 0 Å². The number of allylic oxidation sites excluding steroid dienone is 1. The van der Waals surface area contributed by atoms with Crippen molar-refractivity contribution in [3.63, 3.8) is 0 Å². The molecule has 2 aromatic carbocycles. The number of carbonyl (C=O) groups excluding carboxylic acids is 3. The van der Waals surface area contributed by atoms with Crippen molar-refractivity contribution in [1.82, 2.24) is 30.5 Å². The Bertz CT molecular complexity index is 1340. The molecule has 0 bridgehead atoms. The van der Waals surface area contributed by atoms with E-state index in [4.69, 9.17) is 0 Å². The average Bonchev–Trinajstić information content (AvgIpc) is 3.47. The third-order valence-electron chi connectivity index (χ3n) is 7.54. The molecule has 2 aliphatic rings. The molecule has 1 aliphatic carbocycles. The van der Waals surface area contributed by atoms with E-state index in [1.165, 1.54) is 4.90 Å². The summed E-state index contributed by atoms with van der Waals surface area (Å²) in [6.45, 7) is 1.59. The van der Waals surface area contributed by atoms with E-state index in [0.29, 0.717) is 11.1 Å². The maximum absolute atomic E-state index is 14.0. The van der Waals surface area contributed by atoms with Gasteiger partial charge in [0, 0.05) is 13.0 Å². The maximum atomic E-state index is 14.0. The molecule has 1 aliphatic heterocycles. The van der Waals surface area contributed by atoms with E-state index in [9.17, 15) is 19.5 Å². The summed E-state index contributed by atoms with van der Waals surface area (Å²) in [7, 11) is 1.55. The van der Waals surface area contributed by atoms with Crippen LogP contribution in [0.1, 0.15) is 18.5 Å². The number of amides is 3. The van der Waals surface area contributed by atoms with Gasteiger partial charge in [-0.1, -0.05) is 66.8 Å². The van der Waals surface area contributed by atoms with Crippen LogP contribution < -0.4 is 10.6 Å². The largest absolute Gasteiger partial charge is 0.394 e. The molecule has 1 aromatic heterocycles. The van der Waals surface area contributed by atoms with Crippen molar-refractivity contribution in [3.05, 3.63) is 72.3 Å². The number of nitrogens with one attached hydrogen (secondary N) is 2. The Kier molecular flexibility index (Phi) is 6.75. The highest BCUT2D eigenvalue weighted by Gasteiger charge is 2.58. The number of benzene rings is 2. The van der Waals surface area contributed by atoms with Gasteiger partial charge in [-0.3, -0.25) is 14.4 Å². The highest BCUT2D eigenvalue weighted by molar-refractivity contribution is 5.97. The first-order valence-corrected chi connectivity index (χ1v) is 12.4. The zero-order chi connectivity index (χ0) is 26.1. The van der Waals surface area contributed by atoms with Gasteiger partial charge in [-0.05, 0) is 23.6 Å². The number of aliphatic hydroxyl groups is 1. The SMILES string of the molecule is CNC(=O)[C@H]1[C@H]2C(=O)N([C@H](CO)c3ccccc3)[C@H](C(=O)NCn3nnc4ccccc43)[C@H]2C=C[C@H]1C. The fraction of sp³-hybridized carbons (Fsp3) is 0.370. The smallest absolute Gasteiger partial charge is 0.244 e. The number of aliphatic hydroxyl groups excluding tert-OH is 1. The number of rotatable bonds is 7. The summed E-state index contributed by atoms with van der Waals surface area (Å²) in [5.41, 5.74) is 2.19. The van der Waals surface area contributed by atoms with Gasteiger partial charge in [-0.25, -0.2) is 4.68 Å². The van der Waals surface area contributed by atoms with Crippen LogP contribution >= 0.6 is 0 Å². The minimum absolute atomic E-state index is 0.0589. The number of nitrogens with zero attached hydrogens (tertiary/aromatic N) is 4. The van der Waals surface area contributed by atoms with Gasteiger partial charge >= 0.3 is 0 Å². The highest BCUT2D eigenvalue weighted by Crippen LogP contribution is 2.46. The minimum atomic E-state index is -0.916. The molecule has 10 heteroatoms. The molecule has 3 aromatic rings. The molecule has 37 heavy (non-hydrogen) atoms. The quantitative estimate of drug-likeness (QED) is 0.417. The van der Waals surface area contributed by atoms with Crippen molar-refractivity contribution >= 4 is 28.8 Å². The Labute approximate surface area is 214 Å². The van der Waals surface area contributed by atoms with Crippen molar-refractivity contribution < 1.29 is 19.5 Å². The van der Waals surface area contributed by atoms with Crippen molar-refractivity contribution in [2.75, 3.05) is 13.7 Å². The van der Waals surface area contributed by atoms with E-state index in [0.717, 1.165) is 5.52 Å². The molecule has 10 nitrogen and oxygen atoms in total. The van der Waals surface area contributed by atoms with Crippen LogP contribution in [0.3, 0.4) is 0 Å². The maximum Gasteiger partial charge on any atom is 0.244 e. The molecule has 0 spiro atoms. The van der Waals surface area contributed by atoms with Gasteiger partial charge < -0.3 is 20.6 Å². The Balaban J connectivity index is 1.51. The van der Waals surface area contributed by atoms with Crippen LogP contribution in [-0.2, 0) is 21.1 Å². The van der Waals surface area contributed by atoms with Crippen molar-refractivity contribution in [1.29, 1.82) is 0 Å². The lowest BCUT2D eigenvalue weighted by Gasteiger charge is -2.33. The lowest BCUT2D eigenvalue weighted by molar-refractivity contribution is -0.143. The third-order valence-corrected chi connectivity index (χ3v) is 7.54. The Hall–Kier alpha value is -4.05. The number of likely N-dealkylation sites (tertiary alicyclic amines) is 1. The predicted octanol–water partition coefficient (Wildman–Crippen LogP) is 1.25. The predicted molar refractivity (Wildman–Crippen MR) is 135 cm³/mol. The summed E-state index contributed by atoms with van der Waals surface area (Å²) in [5, 5.41) is 24.3. The summed E-state index contributed by atoms with van der Waals surface area (Å²) in [6.07, 6.45) is 3.78. The van der Waals surface area contributed by atoms with Crippen molar-refractivity contribution in [3.8, 4) is 0 Å². The third kappa shape index (κ3) is 4.27. The number of hydrogen-bond acceptors (Lipinski definition) is 6. The van der Waals surface area contributed by atoms with Gasteiger partial charge in [0.1, 0.15) is 18.2 Å². The van der Waals surface area contributed by atoms with Crippen molar-refractivity contribution in [2.24, 2.45) is 23.7 Å². The van der Waals surface area contributed by atoms with E-state index < -0.39 is 29.8 Å². The molecule has 0 saturated carbocycles. The number of hydrogen-bond donors (Lipinski definition) is 3. The Morgan fingerprint density at radius 1 is 1.05 bits per heavy atom. The van der Waals surface area contributed by atoms with Crippen LogP contribution in [0.25, 0.3) is 11.0 Å². The Morgan fingerprint density at radius 3 is 2.51 bits per heavy atom. The van der Waals surface area contributed by atoms with Gasteiger partial charge in [-0.15, -0.1) is 5.10 Å². The molecular formula is C27H30N6O4. The number of fused-ring (bicyclic) bond motifs is 2. The average molecular weight is 503 g/mol. The topological polar surface area (TPSA) is 129 Å². The monoisotopic (exact) mass is 502 g/mol. The fourth-order valence-electron chi connectivity index (χ4n) is 5.76. The molecule has 3 N–H and O–H groups in total.